The number of hydrogen-bond donors (Lipinski definition) is 1. The van der Waals surface area contributed by atoms with Crippen molar-refractivity contribution in [2.24, 2.45) is 0 Å². The number of aryl methyl sites for hydroxylation is 2. The van der Waals surface area contributed by atoms with Crippen LogP contribution in [0.15, 0.2) is 35.8 Å². The lowest BCUT2D eigenvalue weighted by Gasteiger charge is -2.32. The Kier molecular flexibility index (Phi) is 2.86. The zero-order chi connectivity index (χ0) is 14.4. The number of rotatable bonds is 1. The molecule has 1 aromatic heterocycles. The first-order chi connectivity index (χ1) is 10.2. The third-order valence-electron chi connectivity index (χ3n) is 4.16. The van der Waals surface area contributed by atoms with Crippen LogP contribution in [0.25, 0.3) is 10.2 Å². The Balaban J connectivity index is 1.88. The van der Waals surface area contributed by atoms with Crippen LogP contribution in [-0.2, 0) is 6.42 Å². The molecule has 0 radical (unpaired) electrons. The highest BCUT2D eigenvalue weighted by atomic mass is 32.1. The molecule has 3 nitrogen and oxygen atoms in total. The minimum atomic E-state index is 0.794. The molecule has 21 heavy (non-hydrogen) atoms. The standard InChI is InChI=1S/C17H17N3S/c1-11-4-5-13-12(9-11)3-2-8-20(13)14-6-7-15-17(16(14)18)19-10-21-15/h4-7,9-10H,2-3,8,18H2,1H3. The molecule has 106 valence electrons. The summed E-state index contributed by atoms with van der Waals surface area (Å²) in [6, 6.07) is 10.9. The number of nitrogen functional groups attached to an aromatic ring is 1. The van der Waals surface area contributed by atoms with Gasteiger partial charge < -0.3 is 10.6 Å². The molecule has 0 unspecified atom stereocenters. The summed E-state index contributed by atoms with van der Waals surface area (Å²) in [7, 11) is 0. The molecule has 0 aliphatic carbocycles. The van der Waals surface area contributed by atoms with E-state index >= 15 is 0 Å². The van der Waals surface area contributed by atoms with Crippen LogP contribution in [0, 0.1) is 6.92 Å². The average Bonchev–Trinajstić information content (AvgIpc) is 2.96. The lowest BCUT2D eigenvalue weighted by atomic mass is 9.98. The SMILES string of the molecule is Cc1ccc2c(c1)CCCN2c1ccc2scnc2c1N. The van der Waals surface area contributed by atoms with Crippen molar-refractivity contribution in [3.63, 3.8) is 0 Å². The third kappa shape index (κ3) is 1.98. The van der Waals surface area contributed by atoms with Crippen LogP contribution in [0.2, 0.25) is 0 Å². The Labute approximate surface area is 128 Å². The fourth-order valence-electron chi connectivity index (χ4n) is 3.15. The van der Waals surface area contributed by atoms with Crippen LogP contribution in [0.3, 0.4) is 0 Å². The van der Waals surface area contributed by atoms with Crippen molar-refractivity contribution in [1.82, 2.24) is 4.98 Å². The van der Waals surface area contributed by atoms with Crippen molar-refractivity contribution in [1.29, 1.82) is 0 Å². The van der Waals surface area contributed by atoms with E-state index < -0.39 is 0 Å². The maximum absolute atomic E-state index is 6.38. The molecule has 0 saturated heterocycles. The first kappa shape index (κ1) is 12.7. The number of nitrogens with zero attached hydrogens (tertiary/aromatic N) is 2. The number of benzene rings is 2. The van der Waals surface area contributed by atoms with Crippen molar-refractivity contribution in [3.8, 4) is 0 Å². The van der Waals surface area contributed by atoms with Crippen LogP contribution in [-0.4, -0.2) is 11.5 Å². The summed E-state index contributed by atoms with van der Waals surface area (Å²) in [5, 5.41) is 0. The Morgan fingerprint density at radius 3 is 2.95 bits per heavy atom. The van der Waals surface area contributed by atoms with Gasteiger partial charge in [0.15, 0.2) is 0 Å². The fourth-order valence-corrected chi connectivity index (χ4v) is 3.85. The summed E-state index contributed by atoms with van der Waals surface area (Å²) < 4.78 is 1.15. The molecule has 1 aliphatic heterocycles. The van der Waals surface area contributed by atoms with E-state index in [2.05, 4.69) is 47.1 Å². The van der Waals surface area contributed by atoms with E-state index in [1.165, 1.54) is 16.8 Å². The molecule has 4 heteroatoms. The monoisotopic (exact) mass is 295 g/mol. The first-order valence-electron chi connectivity index (χ1n) is 7.23. The van der Waals surface area contributed by atoms with Crippen LogP contribution in [0.4, 0.5) is 17.1 Å². The van der Waals surface area contributed by atoms with Crippen LogP contribution >= 0.6 is 11.3 Å². The number of anilines is 3. The topological polar surface area (TPSA) is 42.2 Å². The molecule has 2 heterocycles. The summed E-state index contributed by atoms with van der Waals surface area (Å²) in [5.41, 5.74) is 15.1. The number of thiazole rings is 1. The molecule has 0 bridgehead atoms. The molecular weight excluding hydrogens is 278 g/mol. The van der Waals surface area contributed by atoms with Gasteiger partial charge in [0, 0.05) is 12.2 Å². The fraction of sp³-hybridized carbons (Fsp3) is 0.235. The third-order valence-corrected chi connectivity index (χ3v) is 4.96. The number of hydrogen-bond acceptors (Lipinski definition) is 4. The van der Waals surface area contributed by atoms with Gasteiger partial charge in [-0.1, -0.05) is 17.7 Å². The van der Waals surface area contributed by atoms with E-state index in [-0.39, 0.29) is 0 Å². The Bertz CT molecular complexity index is 822. The summed E-state index contributed by atoms with van der Waals surface area (Å²) in [4.78, 5) is 6.75. The zero-order valence-corrected chi connectivity index (χ0v) is 12.8. The molecule has 3 aromatic rings. The highest BCUT2D eigenvalue weighted by Gasteiger charge is 2.21. The van der Waals surface area contributed by atoms with Crippen LogP contribution in [0.1, 0.15) is 17.5 Å². The molecule has 0 spiro atoms. The van der Waals surface area contributed by atoms with E-state index in [1.54, 1.807) is 11.3 Å². The van der Waals surface area contributed by atoms with Crippen LogP contribution in [0.5, 0.6) is 0 Å². The van der Waals surface area contributed by atoms with Crippen molar-refractivity contribution in [3.05, 3.63) is 47.0 Å². The smallest absolute Gasteiger partial charge is 0.106 e. The van der Waals surface area contributed by atoms with Gasteiger partial charge in [-0.15, -0.1) is 11.3 Å². The van der Waals surface area contributed by atoms with Gasteiger partial charge in [0.2, 0.25) is 0 Å². The van der Waals surface area contributed by atoms with Crippen molar-refractivity contribution >= 4 is 38.6 Å². The average molecular weight is 295 g/mol. The van der Waals surface area contributed by atoms with E-state index in [0.29, 0.717) is 0 Å². The van der Waals surface area contributed by atoms with E-state index in [9.17, 15) is 0 Å². The largest absolute Gasteiger partial charge is 0.395 e. The highest BCUT2D eigenvalue weighted by molar-refractivity contribution is 7.16. The second kappa shape index (κ2) is 4.74. The van der Waals surface area contributed by atoms with Gasteiger partial charge in [0.1, 0.15) is 5.52 Å². The van der Waals surface area contributed by atoms with Gasteiger partial charge >= 0.3 is 0 Å². The second-order valence-electron chi connectivity index (χ2n) is 5.58. The molecule has 1 aliphatic rings. The molecule has 0 amide bonds. The van der Waals surface area contributed by atoms with E-state index in [1.807, 2.05) is 5.51 Å². The zero-order valence-electron chi connectivity index (χ0n) is 12.0. The molecular formula is C17H17N3S. The van der Waals surface area contributed by atoms with Gasteiger partial charge in [-0.2, -0.15) is 0 Å². The summed E-state index contributed by atoms with van der Waals surface area (Å²) >= 11 is 1.63. The summed E-state index contributed by atoms with van der Waals surface area (Å²) in [5.74, 6) is 0. The first-order valence-corrected chi connectivity index (χ1v) is 8.11. The lowest BCUT2D eigenvalue weighted by molar-refractivity contribution is 0.767. The quantitative estimate of drug-likeness (QED) is 0.682. The van der Waals surface area contributed by atoms with E-state index in [4.69, 9.17) is 5.73 Å². The maximum Gasteiger partial charge on any atom is 0.106 e. The number of fused-ring (bicyclic) bond motifs is 2. The minimum absolute atomic E-state index is 0.794. The minimum Gasteiger partial charge on any atom is -0.395 e. The predicted molar refractivity (Wildman–Crippen MR) is 90.5 cm³/mol. The molecule has 0 atom stereocenters. The molecule has 0 fully saturated rings. The Morgan fingerprint density at radius 1 is 1.19 bits per heavy atom. The normalized spacial score (nSPS) is 14.4. The molecule has 2 aromatic carbocycles. The van der Waals surface area contributed by atoms with Gasteiger partial charge in [-0.05, 0) is 43.5 Å². The highest BCUT2D eigenvalue weighted by Crippen LogP contribution is 2.39. The van der Waals surface area contributed by atoms with Gasteiger partial charge in [-0.3, -0.25) is 0 Å². The molecule has 4 rings (SSSR count). The Hall–Kier alpha value is -2.07. The van der Waals surface area contributed by atoms with Gasteiger partial charge in [0.25, 0.3) is 0 Å². The lowest BCUT2D eigenvalue weighted by Crippen LogP contribution is -2.25. The molecule has 0 saturated carbocycles. The Morgan fingerprint density at radius 2 is 2.05 bits per heavy atom. The maximum atomic E-state index is 6.38. The number of nitrogens with two attached hydrogens (primary N) is 1. The number of aromatic nitrogens is 1. The molecule has 2 N–H and O–H groups in total. The van der Waals surface area contributed by atoms with Crippen molar-refractivity contribution in [2.75, 3.05) is 17.2 Å². The predicted octanol–water partition coefficient (Wildman–Crippen LogP) is 4.27. The van der Waals surface area contributed by atoms with Gasteiger partial charge in [-0.25, -0.2) is 4.98 Å². The van der Waals surface area contributed by atoms with Crippen molar-refractivity contribution in [2.45, 2.75) is 19.8 Å². The van der Waals surface area contributed by atoms with Gasteiger partial charge in [0.05, 0.1) is 21.6 Å². The van der Waals surface area contributed by atoms with E-state index in [0.717, 1.165) is 41.0 Å². The summed E-state index contributed by atoms with van der Waals surface area (Å²) in [6.07, 6.45) is 2.30. The second-order valence-corrected chi connectivity index (χ2v) is 6.47. The van der Waals surface area contributed by atoms with Crippen LogP contribution < -0.4 is 10.6 Å². The summed E-state index contributed by atoms with van der Waals surface area (Å²) in [6.45, 7) is 3.16. The van der Waals surface area contributed by atoms with Crippen molar-refractivity contribution < 1.29 is 0 Å².